The van der Waals surface area contributed by atoms with E-state index in [0.717, 1.165) is 31.5 Å². The summed E-state index contributed by atoms with van der Waals surface area (Å²) in [5.74, 6) is -1.16. The zero-order valence-corrected chi connectivity index (χ0v) is 21.5. The maximum absolute atomic E-state index is 13.8. The minimum absolute atomic E-state index is 0.126. The predicted octanol–water partition coefficient (Wildman–Crippen LogP) is 3.62. The lowest BCUT2D eigenvalue weighted by Gasteiger charge is -2.36. The van der Waals surface area contributed by atoms with E-state index in [1.807, 2.05) is 21.9 Å². The Balaban J connectivity index is 1.16. The molecule has 2 aromatic heterocycles. The van der Waals surface area contributed by atoms with Gasteiger partial charge in [0.05, 0.1) is 26.0 Å². The van der Waals surface area contributed by atoms with E-state index >= 15 is 0 Å². The molecule has 200 valence electrons. The number of carbonyl (C=O) groups excluding carboxylic acids is 1. The Morgan fingerprint density at radius 1 is 1.16 bits per heavy atom. The van der Waals surface area contributed by atoms with E-state index < -0.39 is 5.92 Å². The van der Waals surface area contributed by atoms with Gasteiger partial charge in [-0.25, -0.2) is 23.7 Å². The summed E-state index contributed by atoms with van der Waals surface area (Å²) in [5.41, 5.74) is 0.977. The highest BCUT2D eigenvalue weighted by Gasteiger charge is 2.47. The van der Waals surface area contributed by atoms with Crippen molar-refractivity contribution in [1.29, 1.82) is 0 Å². The van der Waals surface area contributed by atoms with Crippen LogP contribution in [0.1, 0.15) is 31.2 Å². The van der Waals surface area contributed by atoms with Gasteiger partial charge in [-0.15, -0.1) is 0 Å². The van der Waals surface area contributed by atoms with Crippen molar-refractivity contribution in [3.8, 4) is 11.6 Å². The number of likely N-dealkylation sites (tertiary alicyclic amines) is 1. The number of rotatable bonds is 7. The molecule has 12 heteroatoms. The number of fused-ring (bicyclic) bond motifs is 1. The first-order chi connectivity index (χ1) is 17.8. The number of esters is 1. The van der Waals surface area contributed by atoms with Crippen LogP contribution in [0.5, 0.6) is 11.6 Å². The standard InChI is InChI=1S/C25H31ClF2N6O3/c1-36-23(35)10-17-2-4-32(5-3-17)14-18-8-21(26)31-22(9-18)37-20-12-29-24(30-13-20)33-6-7-34-16-25(27,28)11-19(34)15-33/h8-9,12-13,17,19H,2-7,10-11,14-16H2,1H3/t19-/m0/s1. The lowest BCUT2D eigenvalue weighted by molar-refractivity contribution is -0.142. The van der Waals surface area contributed by atoms with Crippen molar-refractivity contribution in [1.82, 2.24) is 24.8 Å². The SMILES string of the molecule is COC(=O)CC1CCN(Cc2cc(Cl)nc(Oc3cnc(N4CCN5CC(F)(F)C[C@H]5C4)nc3)c2)CC1. The number of alkyl halides is 2. The van der Waals surface area contributed by atoms with E-state index in [-0.39, 0.29) is 25.0 Å². The fraction of sp³-hybridized carbons (Fsp3) is 0.600. The van der Waals surface area contributed by atoms with E-state index in [4.69, 9.17) is 21.1 Å². The Morgan fingerprint density at radius 3 is 2.65 bits per heavy atom. The van der Waals surface area contributed by atoms with Crippen molar-refractivity contribution < 1.29 is 23.0 Å². The second-order valence-electron chi connectivity index (χ2n) is 10.1. The van der Waals surface area contributed by atoms with Crippen LogP contribution >= 0.6 is 11.6 Å². The van der Waals surface area contributed by atoms with Gasteiger partial charge >= 0.3 is 5.97 Å². The van der Waals surface area contributed by atoms with E-state index in [2.05, 4.69) is 19.9 Å². The molecule has 0 spiro atoms. The topological polar surface area (TPSA) is 83.9 Å². The molecular formula is C25H31ClF2N6O3. The van der Waals surface area contributed by atoms with Crippen LogP contribution in [-0.4, -0.2) is 89.1 Å². The first kappa shape index (κ1) is 26.0. The molecule has 3 aliphatic heterocycles. The molecule has 3 saturated heterocycles. The molecule has 0 saturated carbocycles. The third-order valence-corrected chi connectivity index (χ3v) is 7.51. The third kappa shape index (κ3) is 6.63. The van der Waals surface area contributed by atoms with Gasteiger partial charge < -0.3 is 14.4 Å². The Labute approximate surface area is 219 Å². The van der Waals surface area contributed by atoms with Gasteiger partial charge in [0.2, 0.25) is 11.8 Å². The lowest BCUT2D eigenvalue weighted by atomic mass is 9.93. The molecule has 37 heavy (non-hydrogen) atoms. The van der Waals surface area contributed by atoms with Crippen LogP contribution < -0.4 is 9.64 Å². The highest BCUT2D eigenvalue weighted by atomic mass is 35.5. The predicted molar refractivity (Wildman–Crippen MR) is 133 cm³/mol. The highest BCUT2D eigenvalue weighted by molar-refractivity contribution is 6.29. The molecule has 5 heterocycles. The number of aromatic nitrogens is 3. The molecular weight excluding hydrogens is 506 g/mol. The molecule has 9 nitrogen and oxygen atoms in total. The minimum Gasteiger partial charge on any atom is -0.469 e. The number of ether oxygens (including phenoxy) is 2. The van der Waals surface area contributed by atoms with Gasteiger partial charge in [-0.2, -0.15) is 0 Å². The number of piperazine rings is 1. The largest absolute Gasteiger partial charge is 0.469 e. The average molecular weight is 537 g/mol. The summed E-state index contributed by atoms with van der Waals surface area (Å²) in [7, 11) is 1.42. The van der Waals surface area contributed by atoms with Gasteiger partial charge in [0.1, 0.15) is 5.15 Å². The van der Waals surface area contributed by atoms with Crippen LogP contribution in [-0.2, 0) is 16.1 Å². The maximum Gasteiger partial charge on any atom is 0.305 e. The van der Waals surface area contributed by atoms with E-state index in [1.54, 1.807) is 12.4 Å². The summed E-state index contributed by atoms with van der Waals surface area (Å²) in [4.78, 5) is 30.7. The Morgan fingerprint density at radius 2 is 1.92 bits per heavy atom. The molecule has 0 N–H and O–H groups in total. The van der Waals surface area contributed by atoms with Gasteiger partial charge in [-0.05, 0) is 43.5 Å². The van der Waals surface area contributed by atoms with Crippen LogP contribution in [0.4, 0.5) is 14.7 Å². The van der Waals surface area contributed by atoms with Crippen LogP contribution in [0.15, 0.2) is 24.5 Å². The van der Waals surface area contributed by atoms with Crippen molar-refractivity contribution in [3.63, 3.8) is 0 Å². The second-order valence-corrected chi connectivity index (χ2v) is 10.5. The van der Waals surface area contributed by atoms with Crippen LogP contribution in [0.2, 0.25) is 5.15 Å². The number of anilines is 1. The first-order valence-corrected chi connectivity index (χ1v) is 13.0. The fourth-order valence-corrected chi connectivity index (χ4v) is 5.64. The van der Waals surface area contributed by atoms with E-state index in [0.29, 0.717) is 61.2 Å². The second kappa shape index (κ2) is 11.0. The number of nitrogens with zero attached hydrogens (tertiary/aromatic N) is 6. The van der Waals surface area contributed by atoms with Gasteiger partial charge in [-0.3, -0.25) is 14.6 Å². The highest BCUT2D eigenvalue weighted by Crippen LogP contribution is 2.34. The van der Waals surface area contributed by atoms with Crippen LogP contribution in [0.3, 0.4) is 0 Å². The quantitative estimate of drug-likeness (QED) is 0.389. The molecule has 0 amide bonds. The third-order valence-electron chi connectivity index (χ3n) is 7.32. The summed E-state index contributed by atoms with van der Waals surface area (Å²) in [6.45, 7) is 3.97. The molecule has 0 radical (unpaired) electrons. The smallest absolute Gasteiger partial charge is 0.305 e. The van der Waals surface area contributed by atoms with Crippen molar-refractivity contribution >= 4 is 23.5 Å². The molecule has 1 atom stereocenters. The Bertz CT molecular complexity index is 1100. The molecule has 0 aliphatic carbocycles. The summed E-state index contributed by atoms with van der Waals surface area (Å²) < 4.78 is 38.2. The maximum atomic E-state index is 13.8. The van der Waals surface area contributed by atoms with Gasteiger partial charge in [-0.1, -0.05) is 11.6 Å². The summed E-state index contributed by atoms with van der Waals surface area (Å²) in [6, 6.07) is 3.48. The normalized spacial score (nSPS) is 22.6. The number of hydrogen-bond donors (Lipinski definition) is 0. The average Bonchev–Trinajstić information content (AvgIpc) is 3.18. The monoisotopic (exact) mass is 536 g/mol. The minimum atomic E-state index is -2.62. The number of hydrogen-bond acceptors (Lipinski definition) is 9. The molecule has 0 bridgehead atoms. The van der Waals surface area contributed by atoms with Crippen LogP contribution in [0.25, 0.3) is 0 Å². The zero-order valence-electron chi connectivity index (χ0n) is 20.8. The molecule has 0 unspecified atom stereocenters. The van der Waals surface area contributed by atoms with Gasteiger partial charge in [0, 0.05) is 51.1 Å². The van der Waals surface area contributed by atoms with Crippen molar-refractivity contribution in [2.75, 3.05) is 51.3 Å². The van der Waals surface area contributed by atoms with Crippen molar-refractivity contribution in [2.24, 2.45) is 5.92 Å². The number of halogens is 3. The Kier molecular flexibility index (Phi) is 7.73. The summed E-state index contributed by atoms with van der Waals surface area (Å²) in [6.07, 6.45) is 5.35. The molecule has 5 rings (SSSR count). The number of piperidine rings is 1. The van der Waals surface area contributed by atoms with Gasteiger partial charge in [0.15, 0.2) is 5.75 Å². The fourth-order valence-electron chi connectivity index (χ4n) is 5.42. The number of carbonyl (C=O) groups is 1. The molecule has 3 fully saturated rings. The summed E-state index contributed by atoms with van der Waals surface area (Å²) >= 11 is 6.27. The van der Waals surface area contributed by atoms with Crippen molar-refractivity contribution in [2.45, 2.75) is 44.2 Å². The Hall–Kier alpha value is -2.63. The van der Waals surface area contributed by atoms with Crippen molar-refractivity contribution in [3.05, 3.63) is 35.2 Å². The van der Waals surface area contributed by atoms with E-state index in [9.17, 15) is 13.6 Å². The van der Waals surface area contributed by atoms with Gasteiger partial charge in [0.25, 0.3) is 5.92 Å². The zero-order chi connectivity index (χ0) is 26.0. The van der Waals surface area contributed by atoms with E-state index in [1.165, 1.54) is 7.11 Å². The molecule has 3 aliphatic rings. The molecule has 0 aromatic carbocycles. The van der Waals surface area contributed by atoms with Crippen LogP contribution in [0, 0.1) is 5.92 Å². The molecule has 2 aromatic rings. The number of pyridine rings is 1. The first-order valence-electron chi connectivity index (χ1n) is 12.6. The summed E-state index contributed by atoms with van der Waals surface area (Å²) in [5, 5.41) is 0.330. The number of methoxy groups -OCH3 is 1. The lowest BCUT2D eigenvalue weighted by Crippen LogP contribution is -2.50.